The Bertz CT molecular complexity index is 558. The molecule has 2 atom stereocenters. The molecule has 2 heterocycles. The molecule has 7 heteroatoms. The van der Waals surface area contributed by atoms with Gasteiger partial charge in [-0.3, -0.25) is 9.59 Å². The summed E-state index contributed by atoms with van der Waals surface area (Å²) in [5, 5.41) is 13.6. The van der Waals surface area contributed by atoms with Crippen LogP contribution in [0.2, 0.25) is 0 Å². The van der Waals surface area contributed by atoms with Crippen LogP contribution in [-0.2, 0) is 9.59 Å². The first kappa shape index (κ1) is 17.5. The van der Waals surface area contributed by atoms with Crippen LogP contribution >= 0.6 is 11.3 Å². The number of carboxylic acids is 1. The topological polar surface area (TPSA) is 86.7 Å². The quantitative estimate of drug-likeness (QED) is 0.832. The molecule has 1 aliphatic heterocycles. The number of carbonyl (C=O) groups is 3. The predicted molar refractivity (Wildman–Crippen MR) is 87.5 cm³/mol. The number of likely N-dealkylation sites (tertiary alicyclic amines) is 1. The number of hydrogen-bond acceptors (Lipinski definition) is 4. The summed E-state index contributed by atoms with van der Waals surface area (Å²) in [5.41, 5.74) is 0. The first-order chi connectivity index (χ1) is 11.0. The fourth-order valence-electron chi connectivity index (χ4n) is 2.80. The Balaban J connectivity index is 2.09. The van der Waals surface area contributed by atoms with Gasteiger partial charge < -0.3 is 15.3 Å². The van der Waals surface area contributed by atoms with Crippen LogP contribution in [-0.4, -0.2) is 46.4 Å². The Morgan fingerprint density at radius 2 is 2.22 bits per heavy atom. The van der Waals surface area contributed by atoms with E-state index in [2.05, 4.69) is 5.32 Å². The number of piperidine rings is 1. The van der Waals surface area contributed by atoms with Gasteiger partial charge >= 0.3 is 5.97 Å². The molecule has 0 spiro atoms. The average molecular weight is 338 g/mol. The first-order valence-electron chi connectivity index (χ1n) is 7.92. The van der Waals surface area contributed by atoms with Gasteiger partial charge in [0, 0.05) is 6.54 Å². The second-order valence-corrected chi connectivity index (χ2v) is 6.62. The lowest BCUT2D eigenvalue weighted by molar-refractivity contribution is -0.143. The van der Waals surface area contributed by atoms with Gasteiger partial charge in [0.05, 0.1) is 4.88 Å². The summed E-state index contributed by atoms with van der Waals surface area (Å²) in [7, 11) is 0. The van der Waals surface area contributed by atoms with E-state index >= 15 is 0 Å². The molecular formula is C16H22N2O4S. The van der Waals surface area contributed by atoms with Gasteiger partial charge in [0.25, 0.3) is 5.91 Å². The number of aliphatic carboxylic acids is 1. The smallest absolute Gasteiger partial charge is 0.326 e. The SMILES string of the molecule is CCCC(NC(=O)C1CCCCN1C(=O)c1cccs1)C(=O)O. The molecule has 0 aliphatic carbocycles. The molecule has 0 radical (unpaired) electrons. The van der Waals surface area contributed by atoms with Crippen molar-refractivity contribution in [2.24, 2.45) is 0 Å². The number of hydrogen-bond donors (Lipinski definition) is 2. The molecule has 126 valence electrons. The van der Waals surface area contributed by atoms with E-state index in [4.69, 9.17) is 0 Å². The average Bonchev–Trinajstić information content (AvgIpc) is 3.08. The molecule has 6 nitrogen and oxygen atoms in total. The third-order valence-electron chi connectivity index (χ3n) is 3.99. The van der Waals surface area contributed by atoms with Gasteiger partial charge in [-0.05, 0) is 37.1 Å². The van der Waals surface area contributed by atoms with Crippen LogP contribution < -0.4 is 5.32 Å². The molecule has 2 unspecified atom stereocenters. The van der Waals surface area contributed by atoms with Crippen LogP contribution in [0.25, 0.3) is 0 Å². The number of thiophene rings is 1. The molecule has 1 saturated heterocycles. The molecule has 23 heavy (non-hydrogen) atoms. The van der Waals surface area contributed by atoms with Gasteiger partial charge in [-0.2, -0.15) is 0 Å². The van der Waals surface area contributed by atoms with E-state index in [1.807, 2.05) is 12.3 Å². The van der Waals surface area contributed by atoms with E-state index in [1.165, 1.54) is 11.3 Å². The van der Waals surface area contributed by atoms with Gasteiger partial charge in [0.1, 0.15) is 12.1 Å². The van der Waals surface area contributed by atoms with E-state index < -0.39 is 18.1 Å². The maximum atomic E-state index is 12.6. The number of carbonyl (C=O) groups excluding carboxylic acids is 2. The Hall–Kier alpha value is -1.89. The zero-order chi connectivity index (χ0) is 16.8. The molecule has 2 rings (SSSR count). The minimum Gasteiger partial charge on any atom is -0.480 e. The highest BCUT2D eigenvalue weighted by atomic mass is 32.1. The largest absolute Gasteiger partial charge is 0.480 e. The first-order valence-corrected chi connectivity index (χ1v) is 8.80. The van der Waals surface area contributed by atoms with E-state index in [9.17, 15) is 19.5 Å². The number of carboxylic acid groups (broad SMARTS) is 1. The zero-order valence-electron chi connectivity index (χ0n) is 13.2. The molecule has 0 saturated carbocycles. The summed E-state index contributed by atoms with van der Waals surface area (Å²) in [6, 6.07) is 2.07. The number of nitrogens with one attached hydrogen (secondary N) is 1. The monoisotopic (exact) mass is 338 g/mol. The van der Waals surface area contributed by atoms with Crippen LogP contribution in [0, 0.1) is 0 Å². The minimum atomic E-state index is -1.04. The summed E-state index contributed by atoms with van der Waals surface area (Å²) in [4.78, 5) is 38.5. The molecule has 1 aromatic heterocycles. The minimum absolute atomic E-state index is 0.151. The standard InChI is InChI=1S/C16H22N2O4S/c1-2-6-11(16(21)22)17-14(19)12-7-3-4-9-18(12)15(20)13-8-5-10-23-13/h5,8,10-12H,2-4,6-7,9H2,1H3,(H,17,19)(H,21,22). The zero-order valence-corrected chi connectivity index (χ0v) is 14.0. The van der Waals surface area contributed by atoms with Gasteiger partial charge in [-0.1, -0.05) is 19.4 Å². The summed E-state index contributed by atoms with van der Waals surface area (Å²) in [6.07, 6.45) is 3.34. The molecule has 0 bridgehead atoms. The number of rotatable bonds is 6. The van der Waals surface area contributed by atoms with Crippen molar-refractivity contribution >= 4 is 29.1 Å². The van der Waals surface area contributed by atoms with Crippen molar-refractivity contribution in [3.63, 3.8) is 0 Å². The van der Waals surface area contributed by atoms with Crippen molar-refractivity contribution in [1.82, 2.24) is 10.2 Å². The molecule has 1 aromatic rings. The lowest BCUT2D eigenvalue weighted by atomic mass is 10.00. The maximum absolute atomic E-state index is 12.6. The van der Waals surface area contributed by atoms with Crippen LogP contribution in [0.3, 0.4) is 0 Å². The van der Waals surface area contributed by atoms with Crippen LogP contribution in [0.15, 0.2) is 17.5 Å². The lowest BCUT2D eigenvalue weighted by Crippen LogP contribution is -2.54. The van der Waals surface area contributed by atoms with Crippen molar-refractivity contribution in [1.29, 1.82) is 0 Å². The van der Waals surface area contributed by atoms with Gasteiger partial charge in [0.15, 0.2) is 0 Å². The van der Waals surface area contributed by atoms with Crippen molar-refractivity contribution in [2.45, 2.75) is 51.1 Å². The Morgan fingerprint density at radius 1 is 1.43 bits per heavy atom. The van der Waals surface area contributed by atoms with Gasteiger partial charge in [0.2, 0.25) is 5.91 Å². The summed E-state index contributed by atoms with van der Waals surface area (Å²) in [5.74, 6) is -1.55. The van der Waals surface area contributed by atoms with E-state index in [0.29, 0.717) is 30.7 Å². The molecule has 1 aliphatic rings. The van der Waals surface area contributed by atoms with Crippen LogP contribution in [0.5, 0.6) is 0 Å². The molecule has 1 fully saturated rings. The van der Waals surface area contributed by atoms with Crippen molar-refractivity contribution in [3.05, 3.63) is 22.4 Å². The second-order valence-electron chi connectivity index (χ2n) is 5.68. The van der Waals surface area contributed by atoms with E-state index in [0.717, 1.165) is 12.8 Å². The second kappa shape index (κ2) is 8.10. The van der Waals surface area contributed by atoms with E-state index in [1.54, 1.807) is 17.0 Å². The highest BCUT2D eigenvalue weighted by Crippen LogP contribution is 2.22. The Labute approximate surface area is 139 Å². The van der Waals surface area contributed by atoms with Crippen molar-refractivity contribution in [3.8, 4) is 0 Å². The van der Waals surface area contributed by atoms with Crippen LogP contribution in [0.4, 0.5) is 0 Å². The normalized spacial score (nSPS) is 19.2. The molecule has 2 N–H and O–H groups in total. The highest BCUT2D eigenvalue weighted by molar-refractivity contribution is 7.12. The maximum Gasteiger partial charge on any atom is 0.326 e. The Morgan fingerprint density at radius 3 is 2.83 bits per heavy atom. The summed E-state index contributed by atoms with van der Waals surface area (Å²) < 4.78 is 0. The number of amides is 2. The fraction of sp³-hybridized carbons (Fsp3) is 0.562. The molecular weight excluding hydrogens is 316 g/mol. The van der Waals surface area contributed by atoms with Crippen LogP contribution in [0.1, 0.15) is 48.7 Å². The molecule has 2 amide bonds. The third kappa shape index (κ3) is 4.31. The van der Waals surface area contributed by atoms with E-state index in [-0.39, 0.29) is 11.8 Å². The lowest BCUT2D eigenvalue weighted by Gasteiger charge is -2.35. The highest BCUT2D eigenvalue weighted by Gasteiger charge is 2.34. The fourth-order valence-corrected chi connectivity index (χ4v) is 3.48. The molecule has 0 aromatic carbocycles. The third-order valence-corrected chi connectivity index (χ3v) is 4.85. The van der Waals surface area contributed by atoms with Crippen molar-refractivity contribution < 1.29 is 19.5 Å². The predicted octanol–water partition coefficient (Wildman–Crippen LogP) is 2.11. The van der Waals surface area contributed by atoms with Gasteiger partial charge in [-0.15, -0.1) is 11.3 Å². The summed E-state index contributed by atoms with van der Waals surface area (Å²) in [6.45, 7) is 2.40. The van der Waals surface area contributed by atoms with Crippen molar-refractivity contribution in [2.75, 3.05) is 6.54 Å². The Kier molecular flexibility index (Phi) is 6.15. The summed E-state index contributed by atoms with van der Waals surface area (Å²) >= 11 is 1.35. The van der Waals surface area contributed by atoms with Gasteiger partial charge in [-0.25, -0.2) is 4.79 Å². The number of nitrogens with zero attached hydrogens (tertiary/aromatic N) is 1.